The molecule has 3 aromatic rings. The van der Waals surface area contributed by atoms with Crippen LogP contribution in [0.1, 0.15) is 38.3 Å². The zero-order chi connectivity index (χ0) is 19.4. The first-order valence-corrected chi connectivity index (χ1v) is 8.95. The fourth-order valence-electron chi connectivity index (χ4n) is 3.05. The van der Waals surface area contributed by atoms with Gasteiger partial charge in [-0.1, -0.05) is 32.9 Å². The summed E-state index contributed by atoms with van der Waals surface area (Å²) < 4.78 is 24.3. The van der Waals surface area contributed by atoms with Gasteiger partial charge in [0.2, 0.25) is 5.89 Å². The molecule has 4 nitrogen and oxygen atoms in total. The van der Waals surface area contributed by atoms with Gasteiger partial charge in [0.15, 0.2) is 5.76 Å². The number of benzene rings is 2. The smallest absolute Gasteiger partial charge is 0.208 e. The standard InChI is InChI=1S/C22H25FN2O2/c1-22(2,3)21(16-5-9-17(23)10-6-16)25-14-20-24-13-19(27-20)15-7-11-18(26-4)12-8-15/h5-13,21,25H,14H2,1-4H3. The lowest BCUT2D eigenvalue weighted by atomic mass is 9.82. The van der Waals surface area contributed by atoms with E-state index in [1.807, 2.05) is 36.4 Å². The summed E-state index contributed by atoms with van der Waals surface area (Å²) in [7, 11) is 1.64. The van der Waals surface area contributed by atoms with E-state index in [1.54, 1.807) is 13.3 Å². The maximum Gasteiger partial charge on any atom is 0.208 e. The SMILES string of the molecule is COc1ccc(-c2cnc(CNC(c3ccc(F)cc3)C(C)(C)C)o2)cc1. The highest BCUT2D eigenvalue weighted by Crippen LogP contribution is 2.33. The summed E-state index contributed by atoms with van der Waals surface area (Å²) in [6.45, 7) is 6.92. The molecule has 0 saturated carbocycles. The van der Waals surface area contributed by atoms with Gasteiger partial charge in [0.25, 0.3) is 0 Å². The third-order valence-electron chi connectivity index (χ3n) is 4.45. The van der Waals surface area contributed by atoms with Gasteiger partial charge in [0, 0.05) is 11.6 Å². The zero-order valence-corrected chi connectivity index (χ0v) is 16.1. The Balaban J connectivity index is 1.72. The van der Waals surface area contributed by atoms with Crippen molar-refractivity contribution in [2.24, 2.45) is 5.41 Å². The number of oxazole rings is 1. The van der Waals surface area contributed by atoms with Crippen molar-refractivity contribution in [2.45, 2.75) is 33.4 Å². The van der Waals surface area contributed by atoms with Crippen molar-refractivity contribution in [2.75, 3.05) is 7.11 Å². The van der Waals surface area contributed by atoms with Crippen LogP contribution in [0.5, 0.6) is 5.75 Å². The van der Waals surface area contributed by atoms with E-state index >= 15 is 0 Å². The Kier molecular flexibility index (Phi) is 5.61. The minimum Gasteiger partial charge on any atom is -0.497 e. The fraction of sp³-hybridized carbons (Fsp3) is 0.318. The molecule has 0 bridgehead atoms. The van der Waals surface area contributed by atoms with Crippen molar-refractivity contribution in [3.63, 3.8) is 0 Å². The Labute approximate surface area is 159 Å². The first-order valence-electron chi connectivity index (χ1n) is 8.95. The largest absolute Gasteiger partial charge is 0.497 e. The average Bonchev–Trinajstić information content (AvgIpc) is 3.11. The van der Waals surface area contributed by atoms with E-state index in [4.69, 9.17) is 9.15 Å². The Morgan fingerprint density at radius 3 is 2.33 bits per heavy atom. The Morgan fingerprint density at radius 2 is 1.74 bits per heavy atom. The van der Waals surface area contributed by atoms with Crippen LogP contribution in [0.15, 0.2) is 59.1 Å². The molecule has 0 saturated heterocycles. The van der Waals surface area contributed by atoms with E-state index in [0.717, 1.165) is 16.9 Å². The van der Waals surface area contributed by atoms with Gasteiger partial charge >= 0.3 is 0 Å². The van der Waals surface area contributed by atoms with Gasteiger partial charge in [-0.25, -0.2) is 9.37 Å². The Hall–Kier alpha value is -2.66. The molecule has 2 aromatic carbocycles. The highest BCUT2D eigenvalue weighted by molar-refractivity contribution is 5.57. The summed E-state index contributed by atoms with van der Waals surface area (Å²) in [5.41, 5.74) is 1.93. The predicted octanol–water partition coefficient (Wildman–Crippen LogP) is 5.37. The lowest BCUT2D eigenvalue weighted by molar-refractivity contribution is 0.263. The van der Waals surface area contributed by atoms with Crippen molar-refractivity contribution in [1.29, 1.82) is 0 Å². The monoisotopic (exact) mass is 368 g/mol. The van der Waals surface area contributed by atoms with E-state index in [0.29, 0.717) is 18.2 Å². The lowest BCUT2D eigenvalue weighted by Gasteiger charge is -2.31. The van der Waals surface area contributed by atoms with Crippen LogP contribution in [0.2, 0.25) is 0 Å². The molecule has 0 spiro atoms. The number of hydrogen-bond donors (Lipinski definition) is 1. The van der Waals surface area contributed by atoms with E-state index < -0.39 is 0 Å². The maximum absolute atomic E-state index is 13.3. The van der Waals surface area contributed by atoms with Crippen molar-refractivity contribution < 1.29 is 13.5 Å². The minimum atomic E-state index is -0.233. The number of aromatic nitrogens is 1. The fourth-order valence-corrected chi connectivity index (χ4v) is 3.05. The van der Waals surface area contributed by atoms with Crippen LogP contribution < -0.4 is 10.1 Å². The van der Waals surface area contributed by atoms with E-state index in [9.17, 15) is 4.39 Å². The molecule has 5 heteroatoms. The number of methoxy groups -OCH3 is 1. The van der Waals surface area contributed by atoms with Crippen molar-refractivity contribution in [1.82, 2.24) is 10.3 Å². The van der Waals surface area contributed by atoms with Gasteiger partial charge in [0.1, 0.15) is 11.6 Å². The van der Waals surface area contributed by atoms with E-state index in [1.165, 1.54) is 12.1 Å². The quantitative estimate of drug-likeness (QED) is 0.636. The number of nitrogens with one attached hydrogen (secondary N) is 1. The van der Waals surface area contributed by atoms with Crippen LogP contribution in [0.4, 0.5) is 4.39 Å². The molecule has 1 heterocycles. The number of rotatable bonds is 6. The molecule has 0 aliphatic rings. The highest BCUT2D eigenvalue weighted by atomic mass is 19.1. The normalized spacial score (nSPS) is 12.8. The summed E-state index contributed by atoms with van der Waals surface area (Å²) in [5.74, 6) is 1.89. The van der Waals surface area contributed by atoms with E-state index in [2.05, 4.69) is 31.1 Å². The second kappa shape index (κ2) is 7.92. The topological polar surface area (TPSA) is 47.3 Å². The van der Waals surface area contributed by atoms with Gasteiger partial charge in [0.05, 0.1) is 19.9 Å². The second-order valence-electron chi connectivity index (χ2n) is 7.58. The van der Waals surface area contributed by atoms with Crippen LogP contribution in [0.3, 0.4) is 0 Å². The molecule has 3 rings (SSSR count). The molecule has 1 unspecified atom stereocenters. The van der Waals surface area contributed by atoms with Gasteiger partial charge in [-0.15, -0.1) is 0 Å². The average molecular weight is 368 g/mol. The van der Waals surface area contributed by atoms with E-state index in [-0.39, 0.29) is 17.3 Å². The minimum absolute atomic E-state index is 0.0365. The molecule has 27 heavy (non-hydrogen) atoms. The molecule has 0 aliphatic heterocycles. The lowest BCUT2D eigenvalue weighted by Crippen LogP contribution is -2.32. The van der Waals surface area contributed by atoms with Crippen molar-refractivity contribution in [3.05, 3.63) is 72.0 Å². The summed E-state index contributed by atoms with van der Waals surface area (Å²) >= 11 is 0. The van der Waals surface area contributed by atoms with Crippen molar-refractivity contribution >= 4 is 0 Å². The summed E-state index contributed by atoms with van der Waals surface area (Å²) in [6, 6.07) is 14.3. The highest BCUT2D eigenvalue weighted by Gasteiger charge is 2.26. The third-order valence-corrected chi connectivity index (χ3v) is 4.45. The molecule has 1 aromatic heterocycles. The Morgan fingerprint density at radius 1 is 1.07 bits per heavy atom. The van der Waals surface area contributed by atoms with Crippen LogP contribution in [0.25, 0.3) is 11.3 Å². The van der Waals surface area contributed by atoms with Gasteiger partial charge in [-0.05, 0) is 47.4 Å². The summed E-state index contributed by atoms with van der Waals surface area (Å²) in [5, 5.41) is 3.50. The Bertz CT molecular complexity index is 865. The molecule has 1 N–H and O–H groups in total. The molecule has 1 atom stereocenters. The van der Waals surface area contributed by atoms with Crippen LogP contribution in [0, 0.1) is 11.2 Å². The third kappa shape index (κ3) is 4.74. The van der Waals surface area contributed by atoms with Crippen LogP contribution in [-0.4, -0.2) is 12.1 Å². The number of nitrogens with zero attached hydrogens (tertiary/aromatic N) is 1. The van der Waals surface area contributed by atoms with Gasteiger partial charge in [-0.2, -0.15) is 0 Å². The second-order valence-corrected chi connectivity index (χ2v) is 7.58. The molecule has 0 radical (unpaired) electrons. The van der Waals surface area contributed by atoms with Crippen LogP contribution >= 0.6 is 0 Å². The molecule has 0 amide bonds. The molecule has 142 valence electrons. The van der Waals surface area contributed by atoms with Crippen LogP contribution in [-0.2, 0) is 6.54 Å². The molecule has 0 fully saturated rings. The number of halogens is 1. The first kappa shape index (κ1) is 19.1. The molecule has 0 aliphatic carbocycles. The first-order chi connectivity index (χ1) is 12.9. The molecular weight excluding hydrogens is 343 g/mol. The number of hydrogen-bond acceptors (Lipinski definition) is 4. The number of ether oxygens (including phenoxy) is 1. The van der Waals surface area contributed by atoms with Gasteiger partial charge < -0.3 is 14.5 Å². The zero-order valence-electron chi connectivity index (χ0n) is 16.1. The van der Waals surface area contributed by atoms with Gasteiger partial charge in [-0.3, -0.25) is 0 Å². The summed E-state index contributed by atoms with van der Waals surface area (Å²) in [4.78, 5) is 4.38. The molecular formula is C22H25FN2O2. The predicted molar refractivity (Wildman–Crippen MR) is 104 cm³/mol. The maximum atomic E-state index is 13.3. The van der Waals surface area contributed by atoms with Crippen molar-refractivity contribution in [3.8, 4) is 17.1 Å². The summed E-state index contributed by atoms with van der Waals surface area (Å²) in [6.07, 6.45) is 1.73.